The monoisotopic (exact) mass is 904 g/mol. The second-order valence-corrected chi connectivity index (χ2v) is 17.9. The molecule has 6 rings (SSSR count). The molecule has 5 aliphatic rings. The van der Waals surface area contributed by atoms with E-state index in [9.17, 15) is 27.2 Å². The van der Waals surface area contributed by atoms with Gasteiger partial charge in [0.25, 0.3) is 5.92 Å². The number of nitrogens with one attached hydrogen (secondary N) is 1. The number of carbonyl (C=O) groups is 2. The third kappa shape index (κ3) is 14.4. The highest BCUT2D eigenvalue weighted by atomic mass is 19.3. The van der Waals surface area contributed by atoms with Crippen molar-refractivity contribution in [3.05, 3.63) is 93.7 Å². The van der Waals surface area contributed by atoms with Crippen LogP contribution in [0.25, 0.3) is 5.57 Å². The molecule has 2 aliphatic carbocycles. The van der Waals surface area contributed by atoms with Crippen molar-refractivity contribution in [2.24, 2.45) is 42.0 Å². The van der Waals surface area contributed by atoms with Gasteiger partial charge in [-0.25, -0.2) is 22.6 Å². The van der Waals surface area contributed by atoms with Crippen molar-refractivity contribution in [2.75, 3.05) is 27.2 Å². The topological polar surface area (TPSA) is 150 Å². The number of alkyl halides is 4. The van der Waals surface area contributed by atoms with Gasteiger partial charge in [0, 0.05) is 88.1 Å². The molecule has 3 aliphatic heterocycles. The molecule has 11 nitrogen and oxygen atoms in total. The van der Waals surface area contributed by atoms with Gasteiger partial charge < -0.3 is 16.0 Å². The molecule has 3 N–H and O–H groups in total. The molecule has 0 radical (unpaired) electrons. The number of hydrogen-bond donors (Lipinski definition) is 2. The number of rotatable bonds is 13. The fraction of sp³-hybridized carbons (Fsp3) is 0.520. The second-order valence-electron chi connectivity index (χ2n) is 17.9. The van der Waals surface area contributed by atoms with E-state index in [1.165, 1.54) is 18.9 Å². The van der Waals surface area contributed by atoms with Gasteiger partial charge in [-0.3, -0.25) is 34.5 Å². The molecule has 3 fully saturated rings. The van der Waals surface area contributed by atoms with E-state index in [-0.39, 0.29) is 37.8 Å². The summed E-state index contributed by atoms with van der Waals surface area (Å²) in [6.07, 6.45) is 18.8. The van der Waals surface area contributed by atoms with E-state index in [0.717, 1.165) is 59.1 Å². The maximum Gasteiger partial charge on any atom is 0.284 e. The lowest BCUT2D eigenvalue weighted by Crippen LogP contribution is -2.55. The molecular weight excluding hydrogens is 835 g/mol. The zero-order valence-electron chi connectivity index (χ0n) is 39.9. The maximum absolute atomic E-state index is 14.5. The largest absolute Gasteiger partial charge is 0.397 e. The lowest BCUT2D eigenvalue weighted by molar-refractivity contribution is -0.140. The summed E-state index contributed by atoms with van der Waals surface area (Å²) >= 11 is 0. The minimum atomic E-state index is -3.26. The number of amidine groups is 1. The van der Waals surface area contributed by atoms with Crippen molar-refractivity contribution in [3.8, 4) is 0 Å². The number of allylic oxidation sites excluding steroid dienone is 9. The van der Waals surface area contributed by atoms with E-state index in [1.807, 2.05) is 78.0 Å². The van der Waals surface area contributed by atoms with Crippen LogP contribution in [0.4, 0.5) is 17.6 Å². The van der Waals surface area contributed by atoms with Gasteiger partial charge in [0.2, 0.25) is 18.2 Å². The average Bonchev–Trinajstić information content (AvgIpc) is 4.17. The molecule has 1 aromatic rings. The molecule has 1 aromatic heterocycles. The first-order valence-corrected chi connectivity index (χ1v) is 22.3. The van der Waals surface area contributed by atoms with Gasteiger partial charge in [-0.1, -0.05) is 50.1 Å². The van der Waals surface area contributed by atoms with Crippen LogP contribution in [-0.2, 0) is 9.59 Å². The number of aliphatic imine (C=N–C) groups is 5. The lowest BCUT2D eigenvalue weighted by atomic mass is 9.95. The number of aryl methyl sites for hydroxylation is 1. The van der Waals surface area contributed by atoms with E-state index in [1.54, 1.807) is 37.6 Å². The van der Waals surface area contributed by atoms with Gasteiger partial charge in [0.1, 0.15) is 6.04 Å². The Morgan fingerprint density at radius 2 is 1.78 bits per heavy atom. The minimum Gasteiger partial charge on any atom is -0.397 e. The highest BCUT2D eigenvalue weighted by Crippen LogP contribution is 2.65. The molecule has 0 bridgehead atoms. The van der Waals surface area contributed by atoms with E-state index in [2.05, 4.69) is 38.3 Å². The van der Waals surface area contributed by atoms with Crippen molar-refractivity contribution < 1.29 is 28.6 Å². The Morgan fingerprint density at radius 1 is 1.11 bits per heavy atom. The van der Waals surface area contributed by atoms with Gasteiger partial charge in [0.15, 0.2) is 5.84 Å². The molecule has 4 heterocycles. The predicted octanol–water partition coefficient (Wildman–Crippen LogP) is 10.0. The molecule has 65 heavy (non-hydrogen) atoms. The Balaban J connectivity index is 0.00000117. The third-order valence-electron chi connectivity index (χ3n) is 11.8. The van der Waals surface area contributed by atoms with Gasteiger partial charge in [-0.2, -0.15) is 0 Å². The summed E-state index contributed by atoms with van der Waals surface area (Å²) in [6.45, 7) is 15.6. The highest BCUT2D eigenvalue weighted by molar-refractivity contribution is 6.22. The average molecular weight is 904 g/mol. The number of nitrogens with two attached hydrogens (primary N) is 1. The number of carbonyl (C=O) groups excluding carboxylic acids is 2. The zero-order chi connectivity index (χ0) is 48.3. The number of hydrogen-bond acceptors (Lipinski definition) is 8. The molecule has 2 saturated carbocycles. The molecule has 0 aromatic carbocycles. The molecule has 3 atom stereocenters. The minimum absolute atomic E-state index is 0. The van der Waals surface area contributed by atoms with Gasteiger partial charge >= 0.3 is 0 Å². The van der Waals surface area contributed by atoms with Crippen LogP contribution in [0.15, 0.2) is 102 Å². The van der Waals surface area contributed by atoms with Crippen LogP contribution in [0.5, 0.6) is 0 Å². The lowest BCUT2D eigenvalue weighted by Gasteiger charge is -2.32. The normalized spacial score (nSPS) is 23.2. The number of dihydropyridines is 1. The van der Waals surface area contributed by atoms with Crippen molar-refractivity contribution in [2.45, 2.75) is 131 Å². The Labute approximate surface area is 384 Å². The first-order valence-electron chi connectivity index (χ1n) is 22.3. The molecule has 3 unspecified atom stereocenters. The standard InChI is InChI=1S/C44H55F2N9O2.C4H8.C2H4F2.H2/c1-10-29(23-48-8)19-37(40(56)54-42(5,6)26-52-36(21-38(47)43(7,45)46)31-14-12-13-27(3)50-24-31)55-18-17-44(41(55)57)22-34(44)33-15-16-35(53-28(33)4)32-20-30(11-2)39(49-9)51-25-32;1-4-2-3-4;1-2(3)4;/h10-11,13-16,20-21,23-25,34,37H,12,17-19,22,26,47H2,1-9H3,(H,54,56);4H,2-3H2,1H3;2H,1H3;1H/b29-10-,30-11-,38-21-,48-23?,49-39?,52-36?;;;. The van der Waals surface area contributed by atoms with Gasteiger partial charge in [-0.05, 0) is 103 Å². The fourth-order valence-corrected chi connectivity index (χ4v) is 7.63. The van der Waals surface area contributed by atoms with Crippen LogP contribution < -0.4 is 11.1 Å². The van der Waals surface area contributed by atoms with Crippen LogP contribution in [-0.4, -0.2) is 103 Å². The fourth-order valence-electron chi connectivity index (χ4n) is 7.63. The number of likely N-dealkylation sites (tertiary alicyclic amines) is 1. The van der Waals surface area contributed by atoms with E-state index in [0.29, 0.717) is 37.2 Å². The van der Waals surface area contributed by atoms with Crippen molar-refractivity contribution in [3.63, 3.8) is 0 Å². The Bertz CT molecular complexity index is 2270. The van der Waals surface area contributed by atoms with E-state index >= 15 is 0 Å². The highest BCUT2D eigenvalue weighted by Gasteiger charge is 2.65. The number of amides is 2. The van der Waals surface area contributed by atoms with E-state index < -0.39 is 35.0 Å². The molecular formula is C50H69F4N9O2. The Morgan fingerprint density at radius 3 is 2.35 bits per heavy atom. The number of halogens is 4. The number of nitrogens with zero attached hydrogens (tertiary/aromatic N) is 7. The summed E-state index contributed by atoms with van der Waals surface area (Å²) in [5.74, 6) is -1.90. The first kappa shape index (κ1) is 52.0. The smallest absolute Gasteiger partial charge is 0.284 e. The van der Waals surface area contributed by atoms with Crippen molar-refractivity contribution >= 4 is 47.6 Å². The molecule has 1 saturated heterocycles. The van der Waals surface area contributed by atoms with Crippen LogP contribution in [0, 0.1) is 18.3 Å². The zero-order valence-corrected chi connectivity index (χ0v) is 39.9. The molecule has 354 valence electrons. The predicted molar refractivity (Wildman–Crippen MR) is 260 cm³/mol. The summed E-state index contributed by atoms with van der Waals surface area (Å²) in [5.41, 5.74) is 10.5. The number of pyridine rings is 1. The summed E-state index contributed by atoms with van der Waals surface area (Å²) in [6, 6.07) is 3.23. The molecule has 2 amide bonds. The van der Waals surface area contributed by atoms with Crippen LogP contribution in [0.1, 0.15) is 118 Å². The van der Waals surface area contributed by atoms with Gasteiger partial charge in [-0.15, -0.1) is 0 Å². The molecule has 15 heteroatoms. The van der Waals surface area contributed by atoms with Crippen molar-refractivity contribution in [1.29, 1.82) is 0 Å². The Hall–Kier alpha value is -5.60. The summed E-state index contributed by atoms with van der Waals surface area (Å²) in [5, 5.41) is 3.13. The quantitative estimate of drug-likeness (QED) is 0.150. The summed E-state index contributed by atoms with van der Waals surface area (Å²) in [4.78, 5) is 57.5. The van der Waals surface area contributed by atoms with Crippen LogP contribution in [0.2, 0.25) is 0 Å². The second kappa shape index (κ2) is 22.5. The van der Waals surface area contributed by atoms with Crippen molar-refractivity contribution in [1.82, 2.24) is 15.2 Å². The number of aromatic nitrogens is 1. The maximum atomic E-state index is 14.5. The van der Waals surface area contributed by atoms with Crippen LogP contribution in [0.3, 0.4) is 0 Å². The van der Waals surface area contributed by atoms with E-state index in [4.69, 9.17) is 15.7 Å². The Kier molecular flexibility index (Phi) is 18.0. The summed E-state index contributed by atoms with van der Waals surface area (Å²) < 4.78 is 49.0. The summed E-state index contributed by atoms with van der Waals surface area (Å²) in [7, 11) is 3.38. The van der Waals surface area contributed by atoms with Crippen LogP contribution >= 0.6 is 0 Å². The van der Waals surface area contributed by atoms with Gasteiger partial charge in [0.05, 0.1) is 34.6 Å². The SMILES string of the molecule is C/C=C(\C=NC)CC(C(=O)NC(C)(C)CN=C(/C=C(\N)C(C)(F)F)C1=CCC=C(C)N=C1)N1CCC2(CC2c2ccc(C3=C/C(=C/C)C(=NC)N=C3)nc2C)C1=O.CC(F)F.CC1CC1.[HH]. The first-order chi connectivity index (χ1) is 30.6. The molecule has 1 spiro atoms. The third-order valence-corrected chi connectivity index (χ3v) is 11.8.